The molecule has 2 atom stereocenters. The average molecular weight is 432 g/mol. The fourth-order valence-electron chi connectivity index (χ4n) is 3.94. The first-order valence-electron chi connectivity index (χ1n) is 9.89. The Hall–Kier alpha value is -1.73. The summed E-state index contributed by atoms with van der Waals surface area (Å²) in [5, 5.41) is 7.52. The van der Waals surface area contributed by atoms with Crippen LogP contribution in [0, 0.1) is 11.8 Å². The molecule has 0 saturated heterocycles. The summed E-state index contributed by atoms with van der Waals surface area (Å²) in [5.74, 6) is -0.385. The first-order valence-corrected chi connectivity index (χ1v) is 13.5. The van der Waals surface area contributed by atoms with E-state index in [0.717, 1.165) is 0 Å². The van der Waals surface area contributed by atoms with Crippen LogP contribution in [-0.2, 0) is 14.4 Å². The summed E-state index contributed by atoms with van der Waals surface area (Å²) in [5.41, 5.74) is 0. The minimum atomic E-state index is -3.56. The Balaban J connectivity index is 2.49. The Morgan fingerprint density at radius 2 is 1.48 bits per heavy atom. The van der Waals surface area contributed by atoms with Gasteiger partial charge < -0.3 is 4.43 Å². The van der Waals surface area contributed by atoms with Gasteiger partial charge in [0.1, 0.15) is 0 Å². The second-order valence-corrected chi connectivity index (χ2v) is 14.6. The summed E-state index contributed by atoms with van der Waals surface area (Å²) in [6.45, 7) is 12.9. The number of rotatable bonds is 9. The van der Waals surface area contributed by atoms with E-state index in [1.165, 1.54) is 10.4 Å². The molecule has 0 aliphatic carbocycles. The summed E-state index contributed by atoms with van der Waals surface area (Å²) >= 11 is 0. The molecule has 6 heteroatoms. The Kier molecular flexibility index (Phi) is 7.62. The Bertz CT molecular complexity index is 853. The number of hydrogen-bond donors (Lipinski definition) is 1. The molecule has 2 unspecified atom stereocenters. The summed E-state index contributed by atoms with van der Waals surface area (Å²) < 4.78 is 30.0. The second kappa shape index (κ2) is 9.39. The second-order valence-electron chi connectivity index (χ2n) is 8.68. The summed E-state index contributed by atoms with van der Waals surface area (Å²) in [4.78, 5) is 0. The van der Waals surface area contributed by atoms with Gasteiger partial charge >= 0.3 is 0 Å². The molecule has 2 N–H and O–H groups in total. The Morgan fingerprint density at radius 3 is 1.83 bits per heavy atom. The summed E-state index contributed by atoms with van der Waals surface area (Å²) in [7, 11) is -6.22. The zero-order chi connectivity index (χ0) is 21.7. The summed E-state index contributed by atoms with van der Waals surface area (Å²) in [6.07, 6.45) is 1.79. The van der Waals surface area contributed by atoms with Crippen LogP contribution in [0.15, 0.2) is 73.3 Å². The molecule has 0 aliphatic rings. The molecular weight excluding hydrogens is 398 g/mol. The number of sulfonamides is 1. The molecule has 158 valence electrons. The van der Waals surface area contributed by atoms with E-state index in [9.17, 15) is 8.42 Å². The van der Waals surface area contributed by atoms with E-state index in [1.54, 1.807) is 6.08 Å². The maximum Gasteiger partial charge on any atom is 0.261 e. The van der Waals surface area contributed by atoms with Crippen LogP contribution in [0.3, 0.4) is 0 Å². The van der Waals surface area contributed by atoms with E-state index in [0.29, 0.717) is 6.61 Å². The zero-order valence-corrected chi connectivity index (χ0v) is 19.7. The Morgan fingerprint density at radius 1 is 1.03 bits per heavy atom. The van der Waals surface area contributed by atoms with Crippen LogP contribution in [-0.4, -0.2) is 29.1 Å². The van der Waals surface area contributed by atoms with Crippen molar-refractivity contribution in [2.75, 3.05) is 12.4 Å². The van der Waals surface area contributed by atoms with Crippen molar-refractivity contribution >= 4 is 28.7 Å². The topological polar surface area (TPSA) is 69.4 Å². The molecule has 2 aromatic rings. The van der Waals surface area contributed by atoms with Crippen molar-refractivity contribution < 1.29 is 12.8 Å². The molecule has 0 fully saturated rings. The number of nitrogens with two attached hydrogens (primary N) is 1. The fourth-order valence-corrected chi connectivity index (χ4v) is 9.52. The lowest BCUT2D eigenvalue weighted by Crippen LogP contribution is -2.67. The van der Waals surface area contributed by atoms with Gasteiger partial charge in [-0.15, -0.1) is 6.58 Å². The van der Waals surface area contributed by atoms with Gasteiger partial charge in [0.15, 0.2) is 0 Å². The predicted octanol–water partition coefficient (Wildman–Crippen LogP) is 3.29. The third-order valence-corrected chi connectivity index (χ3v) is 11.4. The third-order valence-electron chi connectivity index (χ3n) is 5.44. The maximum absolute atomic E-state index is 11.6. The van der Waals surface area contributed by atoms with Gasteiger partial charge in [-0.25, -0.2) is 13.6 Å². The molecule has 2 aromatic carbocycles. The minimum Gasteiger partial charge on any atom is -0.407 e. The monoisotopic (exact) mass is 431 g/mol. The van der Waals surface area contributed by atoms with Crippen molar-refractivity contribution in [1.29, 1.82) is 0 Å². The molecule has 0 spiro atoms. The quantitative estimate of drug-likeness (QED) is 0.489. The molecule has 0 bridgehead atoms. The molecule has 0 heterocycles. The van der Waals surface area contributed by atoms with E-state index in [-0.39, 0.29) is 22.6 Å². The highest BCUT2D eigenvalue weighted by atomic mass is 32.2. The zero-order valence-electron chi connectivity index (χ0n) is 17.8. The van der Waals surface area contributed by atoms with E-state index < -0.39 is 18.3 Å². The molecule has 4 nitrogen and oxygen atoms in total. The van der Waals surface area contributed by atoms with Gasteiger partial charge in [-0.3, -0.25) is 0 Å². The molecule has 0 saturated carbocycles. The van der Waals surface area contributed by atoms with Crippen LogP contribution in [0.25, 0.3) is 0 Å². The normalized spacial score (nSPS) is 14.9. The lowest BCUT2D eigenvalue weighted by molar-refractivity contribution is 0.230. The van der Waals surface area contributed by atoms with Crippen molar-refractivity contribution in [1.82, 2.24) is 0 Å². The SMILES string of the molecule is C=CC(CO[Si](c1ccccc1)(c1ccccc1)C(C)(C)C)C(C)CS(N)(=O)=O. The van der Waals surface area contributed by atoms with Gasteiger partial charge in [0.25, 0.3) is 8.32 Å². The first-order chi connectivity index (χ1) is 13.5. The van der Waals surface area contributed by atoms with Crippen molar-refractivity contribution in [3.05, 3.63) is 73.3 Å². The summed E-state index contributed by atoms with van der Waals surface area (Å²) in [6, 6.07) is 20.8. The highest BCUT2D eigenvalue weighted by molar-refractivity contribution is 7.89. The van der Waals surface area contributed by atoms with E-state index in [2.05, 4.69) is 51.6 Å². The standard InChI is InChI=1S/C23H33NO3SSi/c1-6-20(19(2)18-28(24,25)26)17-27-29(23(3,4)5,21-13-9-7-10-14-21)22-15-11-8-12-16-22/h6-16,19-20H,1,17-18H2,2-5H3,(H2,24,25,26). The molecule has 29 heavy (non-hydrogen) atoms. The maximum atomic E-state index is 11.6. The number of benzene rings is 2. The van der Waals surface area contributed by atoms with Gasteiger partial charge in [0.2, 0.25) is 10.0 Å². The number of hydrogen-bond acceptors (Lipinski definition) is 3. The van der Waals surface area contributed by atoms with Crippen molar-refractivity contribution in [3.63, 3.8) is 0 Å². The van der Waals surface area contributed by atoms with Crippen LogP contribution in [0.1, 0.15) is 27.7 Å². The van der Waals surface area contributed by atoms with E-state index in [1.807, 2.05) is 43.3 Å². The first kappa shape index (κ1) is 23.5. The average Bonchev–Trinajstić information content (AvgIpc) is 2.64. The molecule has 0 amide bonds. The highest BCUT2D eigenvalue weighted by Gasteiger charge is 2.50. The van der Waals surface area contributed by atoms with Gasteiger partial charge in [-0.2, -0.15) is 0 Å². The van der Waals surface area contributed by atoms with Gasteiger partial charge in [0.05, 0.1) is 5.75 Å². The van der Waals surface area contributed by atoms with Gasteiger partial charge in [-0.1, -0.05) is 94.4 Å². The lowest BCUT2D eigenvalue weighted by Gasteiger charge is -2.44. The van der Waals surface area contributed by atoms with Gasteiger partial charge in [-0.05, 0) is 21.3 Å². The van der Waals surface area contributed by atoms with Crippen LogP contribution in [0.4, 0.5) is 0 Å². The smallest absolute Gasteiger partial charge is 0.261 e. The van der Waals surface area contributed by atoms with Crippen LogP contribution < -0.4 is 15.5 Å². The van der Waals surface area contributed by atoms with Crippen molar-refractivity contribution in [2.45, 2.75) is 32.7 Å². The highest BCUT2D eigenvalue weighted by Crippen LogP contribution is 2.37. The van der Waals surface area contributed by atoms with Crippen molar-refractivity contribution in [2.24, 2.45) is 17.0 Å². The van der Waals surface area contributed by atoms with E-state index in [4.69, 9.17) is 9.56 Å². The molecule has 0 radical (unpaired) electrons. The number of primary sulfonamides is 1. The van der Waals surface area contributed by atoms with Crippen molar-refractivity contribution in [3.8, 4) is 0 Å². The molecule has 0 aliphatic heterocycles. The van der Waals surface area contributed by atoms with Gasteiger partial charge in [0, 0.05) is 12.5 Å². The van der Waals surface area contributed by atoms with E-state index >= 15 is 0 Å². The molecule has 2 rings (SSSR count). The molecular formula is C23H33NO3SSi. The Labute approximate surface area is 177 Å². The van der Waals surface area contributed by atoms with Crippen LogP contribution in [0.5, 0.6) is 0 Å². The predicted molar refractivity (Wildman–Crippen MR) is 124 cm³/mol. The minimum absolute atomic E-state index is 0.0895. The third kappa shape index (κ3) is 5.66. The van der Waals surface area contributed by atoms with Crippen LogP contribution in [0.2, 0.25) is 5.04 Å². The lowest BCUT2D eigenvalue weighted by atomic mass is 9.97. The largest absolute Gasteiger partial charge is 0.407 e. The fraction of sp³-hybridized carbons (Fsp3) is 0.391. The van der Waals surface area contributed by atoms with Crippen LogP contribution >= 0.6 is 0 Å². The molecule has 0 aromatic heterocycles.